The van der Waals surface area contributed by atoms with Gasteiger partial charge in [-0.15, -0.1) is 0 Å². The second-order valence-electron chi connectivity index (χ2n) is 3.57. The van der Waals surface area contributed by atoms with Crippen LogP contribution in [0.1, 0.15) is 23.7 Å². The predicted molar refractivity (Wildman–Crippen MR) is 58.5 cm³/mol. The predicted octanol–water partition coefficient (Wildman–Crippen LogP) is 3.71. The largest absolute Gasteiger partial charge is 0.294 e. The summed E-state index contributed by atoms with van der Waals surface area (Å²) in [5.41, 5.74) is 0.374. The van der Waals surface area contributed by atoms with E-state index in [1.54, 1.807) is 19.1 Å². The Bertz CT molecular complexity index is 561. The summed E-state index contributed by atoms with van der Waals surface area (Å²) in [6.45, 7) is 1.72. The van der Waals surface area contributed by atoms with Crippen molar-refractivity contribution in [2.45, 2.75) is 13.3 Å². The Hall–Kier alpha value is -1.77. The first-order valence-corrected chi connectivity index (χ1v) is 5.04. The monoisotopic (exact) mass is 220 g/mol. The van der Waals surface area contributed by atoms with Gasteiger partial charge in [0.25, 0.3) is 0 Å². The van der Waals surface area contributed by atoms with Crippen LogP contribution in [0.25, 0.3) is 10.8 Å². The molecule has 0 bridgehead atoms. The second-order valence-corrected chi connectivity index (χ2v) is 3.57. The van der Waals surface area contributed by atoms with Crippen molar-refractivity contribution in [3.63, 3.8) is 0 Å². The molecule has 0 aliphatic rings. The molecule has 0 aromatic heterocycles. The van der Waals surface area contributed by atoms with Gasteiger partial charge in [0, 0.05) is 23.4 Å². The van der Waals surface area contributed by atoms with E-state index in [1.807, 2.05) is 0 Å². The molecule has 2 rings (SSSR count). The number of hydrogen-bond acceptors (Lipinski definition) is 1. The topological polar surface area (TPSA) is 17.1 Å². The van der Waals surface area contributed by atoms with Crippen LogP contribution in [0.4, 0.5) is 8.78 Å². The minimum atomic E-state index is -0.665. The fourth-order valence-corrected chi connectivity index (χ4v) is 1.74. The van der Waals surface area contributed by atoms with Crippen molar-refractivity contribution in [3.05, 3.63) is 47.5 Å². The molecule has 2 aromatic rings. The average Bonchev–Trinajstić information content (AvgIpc) is 2.27. The van der Waals surface area contributed by atoms with E-state index in [1.165, 1.54) is 12.1 Å². The van der Waals surface area contributed by atoms with Gasteiger partial charge in [-0.2, -0.15) is 0 Å². The van der Waals surface area contributed by atoms with Gasteiger partial charge in [-0.3, -0.25) is 4.79 Å². The molecule has 0 N–H and O–H groups in total. The van der Waals surface area contributed by atoms with Gasteiger partial charge in [0.2, 0.25) is 0 Å². The van der Waals surface area contributed by atoms with Gasteiger partial charge in [0.15, 0.2) is 5.78 Å². The summed E-state index contributed by atoms with van der Waals surface area (Å²) < 4.78 is 26.5. The Morgan fingerprint density at radius 2 is 1.94 bits per heavy atom. The van der Waals surface area contributed by atoms with Gasteiger partial charge in [-0.1, -0.05) is 25.1 Å². The number of halogens is 2. The quantitative estimate of drug-likeness (QED) is 0.705. The van der Waals surface area contributed by atoms with Crippen LogP contribution in [0.3, 0.4) is 0 Å². The Labute approximate surface area is 91.7 Å². The molecular weight excluding hydrogens is 210 g/mol. The van der Waals surface area contributed by atoms with E-state index in [0.717, 1.165) is 6.07 Å². The van der Waals surface area contributed by atoms with E-state index in [-0.39, 0.29) is 11.2 Å². The van der Waals surface area contributed by atoms with Crippen molar-refractivity contribution in [2.24, 2.45) is 0 Å². The fourth-order valence-electron chi connectivity index (χ4n) is 1.74. The Balaban J connectivity index is 2.81. The minimum Gasteiger partial charge on any atom is -0.294 e. The van der Waals surface area contributed by atoms with Crippen molar-refractivity contribution in [1.29, 1.82) is 0 Å². The number of ketones is 1. The highest BCUT2D eigenvalue weighted by molar-refractivity contribution is 6.08. The van der Waals surface area contributed by atoms with E-state index < -0.39 is 11.6 Å². The zero-order valence-corrected chi connectivity index (χ0v) is 8.76. The van der Waals surface area contributed by atoms with Crippen LogP contribution in [0.2, 0.25) is 0 Å². The number of rotatable bonds is 2. The van der Waals surface area contributed by atoms with E-state index in [0.29, 0.717) is 17.4 Å². The molecule has 0 saturated carbocycles. The van der Waals surface area contributed by atoms with Gasteiger partial charge in [-0.25, -0.2) is 8.78 Å². The average molecular weight is 220 g/mol. The van der Waals surface area contributed by atoms with E-state index in [9.17, 15) is 13.6 Å². The zero-order valence-electron chi connectivity index (χ0n) is 8.76. The summed E-state index contributed by atoms with van der Waals surface area (Å²) in [6.07, 6.45) is 0.317. The van der Waals surface area contributed by atoms with Crippen molar-refractivity contribution in [2.75, 3.05) is 0 Å². The number of Topliss-reactive ketones (excluding diaryl/α,β-unsaturated/α-hetero) is 1. The highest BCUT2D eigenvalue weighted by atomic mass is 19.1. The normalized spacial score (nSPS) is 10.7. The maximum atomic E-state index is 13.4. The Morgan fingerprint density at radius 1 is 1.19 bits per heavy atom. The molecule has 16 heavy (non-hydrogen) atoms. The standard InChI is InChI=1S/C13H10F2O/c1-2-13(16)10-5-3-4-9-11(10)6-8(14)7-12(9)15/h3-7H,2H2,1H3. The first-order valence-electron chi connectivity index (χ1n) is 5.04. The molecule has 82 valence electrons. The molecule has 3 heteroatoms. The zero-order chi connectivity index (χ0) is 11.7. The number of carbonyl (C=O) groups excluding carboxylic acids is 1. The van der Waals surface area contributed by atoms with E-state index in [4.69, 9.17) is 0 Å². The summed E-state index contributed by atoms with van der Waals surface area (Å²) in [4.78, 5) is 11.6. The molecule has 0 atom stereocenters. The lowest BCUT2D eigenvalue weighted by atomic mass is 10.00. The van der Waals surface area contributed by atoms with Gasteiger partial charge in [0.05, 0.1) is 0 Å². The highest BCUT2D eigenvalue weighted by Crippen LogP contribution is 2.24. The smallest absolute Gasteiger partial charge is 0.163 e. The minimum absolute atomic E-state index is 0.115. The van der Waals surface area contributed by atoms with Crippen LogP contribution in [-0.2, 0) is 0 Å². The Morgan fingerprint density at radius 3 is 2.62 bits per heavy atom. The summed E-state index contributed by atoms with van der Waals surface area (Å²) in [5, 5.41) is 0.618. The van der Waals surface area contributed by atoms with Crippen LogP contribution in [0, 0.1) is 11.6 Å². The molecule has 0 amide bonds. The third kappa shape index (κ3) is 1.69. The van der Waals surface area contributed by atoms with Gasteiger partial charge >= 0.3 is 0 Å². The van der Waals surface area contributed by atoms with Gasteiger partial charge < -0.3 is 0 Å². The maximum absolute atomic E-state index is 13.4. The van der Waals surface area contributed by atoms with Crippen LogP contribution in [-0.4, -0.2) is 5.78 Å². The molecule has 1 nitrogen and oxygen atoms in total. The summed E-state index contributed by atoms with van der Waals surface area (Å²) in [5.74, 6) is -1.42. The van der Waals surface area contributed by atoms with Crippen LogP contribution < -0.4 is 0 Å². The lowest BCUT2D eigenvalue weighted by Crippen LogP contribution is -1.98. The molecular formula is C13H10F2O. The molecule has 0 heterocycles. The highest BCUT2D eigenvalue weighted by Gasteiger charge is 2.11. The van der Waals surface area contributed by atoms with E-state index >= 15 is 0 Å². The lowest BCUT2D eigenvalue weighted by molar-refractivity contribution is 0.0990. The molecule has 0 aliphatic carbocycles. The van der Waals surface area contributed by atoms with Crippen LogP contribution >= 0.6 is 0 Å². The second kappa shape index (κ2) is 4.00. The summed E-state index contributed by atoms with van der Waals surface area (Å²) in [7, 11) is 0. The third-order valence-electron chi connectivity index (χ3n) is 2.53. The van der Waals surface area contributed by atoms with Crippen LogP contribution in [0.15, 0.2) is 30.3 Å². The van der Waals surface area contributed by atoms with Crippen molar-refractivity contribution >= 4 is 16.6 Å². The lowest BCUT2D eigenvalue weighted by Gasteiger charge is -2.05. The molecule has 0 fully saturated rings. The van der Waals surface area contributed by atoms with E-state index in [2.05, 4.69) is 0 Å². The summed E-state index contributed by atoms with van der Waals surface area (Å²) >= 11 is 0. The first kappa shape index (κ1) is 10.7. The molecule has 0 radical (unpaired) electrons. The van der Waals surface area contributed by atoms with Crippen molar-refractivity contribution in [3.8, 4) is 0 Å². The van der Waals surface area contributed by atoms with Crippen molar-refractivity contribution in [1.82, 2.24) is 0 Å². The van der Waals surface area contributed by atoms with Crippen LogP contribution in [0.5, 0.6) is 0 Å². The maximum Gasteiger partial charge on any atom is 0.163 e. The number of carbonyl (C=O) groups is 1. The SMILES string of the molecule is CCC(=O)c1cccc2c(F)cc(F)cc12. The molecule has 2 aromatic carbocycles. The van der Waals surface area contributed by atoms with Crippen molar-refractivity contribution < 1.29 is 13.6 Å². The first-order chi connectivity index (χ1) is 7.63. The van der Waals surface area contributed by atoms with Gasteiger partial charge in [0.1, 0.15) is 11.6 Å². The Kier molecular flexibility index (Phi) is 2.69. The number of benzene rings is 2. The molecule has 0 aliphatic heterocycles. The molecule has 0 spiro atoms. The molecule has 0 unspecified atom stereocenters. The fraction of sp³-hybridized carbons (Fsp3) is 0.154. The number of hydrogen-bond donors (Lipinski definition) is 0. The molecule has 0 saturated heterocycles. The van der Waals surface area contributed by atoms with Gasteiger partial charge in [-0.05, 0) is 11.5 Å². The number of fused-ring (bicyclic) bond motifs is 1. The third-order valence-corrected chi connectivity index (χ3v) is 2.53. The summed E-state index contributed by atoms with van der Waals surface area (Å²) in [6, 6.07) is 6.75.